The molecule has 0 spiro atoms. The van der Waals surface area contributed by atoms with E-state index in [4.69, 9.17) is 20.4 Å². The van der Waals surface area contributed by atoms with Crippen LogP contribution in [0.5, 0.6) is 5.75 Å². The number of aryl methyl sites for hydroxylation is 4. The summed E-state index contributed by atoms with van der Waals surface area (Å²) >= 11 is 0. The van der Waals surface area contributed by atoms with E-state index in [9.17, 15) is 4.79 Å². The molecule has 3 aromatic rings. The number of nitrogens with zero attached hydrogens (tertiary/aromatic N) is 4. The first kappa shape index (κ1) is 27.6. The van der Waals surface area contributed by atoms with Gasteiger partial charge in [-0.2, -0.15) is 0 Å². The Morgan fingerprint density at radius 2 is 1.76 bits per heavy atom. The van der Waals surface area contributed by atoms with Crippen molar-refractivity contribution in [3.8, 4) is 17.1 Å². The number of nitrogens with two attached hydrogens (primary N) is 1. The van der Waals surface area contributed by atoms with E-state index in [2.05, 4.69) is 87.7 Å². The van der Waals surface area contributed by atoms with Gasteiger partial charge in [-0.25, -0.2) is 9.97 Å². The quantitative estimate of drug-likeness (QED) is 0.451. The fourth-order valence-electron chi connectivity index (χ4n) is 5.19. The van der Waals surface area contributed by atoms with Gasteiger partial charge >= 0.3 is 0 Å². The normalized spacial score (nSPS) is 16.2. The van der Waals surface area contributed by atoms with Gasteiger partial charge in [-0.05, 0) is 68.9 Å². The minimum atomic E-state index is -0.298. The predicted molar refractivity (Wildman–Crippen MR) is 154 cm³/mol. The molecule has 202 valence electrons. The number of hydrogen-bond acceptors (Lipinski definition) is 6. The van der Waals surface area contributed by atoms with E-state index >= 15 is 0 Å². The monoisotopic (exact) mass is 515 g/mol. The standard InChI is InChI=1S/C31H41N5O2/c1-19(2)25-12-11-20(3)27(15-25)38-18-26-24(7)33-30(29-21(4)9-8-10-22(29)5)34-31(26)36-14-13-35(17-28(32)37)23(6)16-36/h8-12,15,19,23H,13-14,16-18H2,1-7H3,(H2,32,37). The summed E-state index contributed by atoms with van der Waals surface area (Å²) in [4.78, 5) is 26.2. The molecule has 0 radical (unpaired) electrons. The number of ether oxygens (including phenoxy) is 1. The summed E-state index contributed by atoms with van der Waals surface area (Å²) in [6.07, 6.45) is 0. The molecule has 1 amide bonds. The molecule has 1 aliphatic heterocycles. The number of aromatic nitrogens is 2. The Kier molecular flexibility index (Phi) is 8.36. The van der Waals surface area contributed by atoms with Gasteiger partial charge in [-0.15, -0.1) is 0 Å². The number of amides is 1. The topological polar surface area (TPSA) is 84.6 Å². The van der Waals surface area contributed by atoms with Gasteiger partial charge in [0.25, 0.3) is 0 Å². The maximum Gasteiger partial charge on any atom is 0.231 e. The molecule has 1 fully saturated rings. The molecule has 7 nitrogen and oxygen atoms in total. The third-order valence-electron chi connectivity index (χ3n) is 7.57. The van der Waals surface area contributed by atoms with Crippen molar-refractivity contribution >= 4 is 11.7 Å². The first-order chi connectivity index (χ1) is 18.0. The minimum Gasteiger partial charge on any atom is -0.488 e. The van der Waals surface area contributed by atoms with Crippen LogP contribution in [-0.4, -0.2) is 53.0 Å². The maximum atomic E-state index is 11.6. The van der Waals surface area contributed by atoms with Crippen LogP contribution in [-0.2, 0) is 11.4 Å². The smallest absolute Gasteiger partial charge is 0.231 e. The number of anilines is 1. The number of benzene rings is 2. The van der Waals surface area contributed by atoms with E-state index in [0.29, 0.717) is 12.5 Å². The first-order valence-electron chi connectivity index (χ1n) is 13.5. The van der Waals surface area contributed by atoms with E-state index in [1.165, 1.54) is 5.56 Å². The average Bonchev–Trinajstić information content (AvgIpc) is 2.84. The highest BCUT2D eigenvalue weighted by Gasteiger charge is 2.28. The zero-order chi connectivity index (χ0) is 27.6. The third kappa shape index (κ3) is 5.99. The molecule has 1 unspecified atom stereocenters. The van der Waals surface area contributed by atoms with Crippen molar-refractivity contribution in [2.24, 2.45) is 5.73 Å². The Bertz CT molecular complexity index is 1300. The number of hydrogen-bond donors (Lipinski definition) is 1. The van der Waals surface area contributed by atoms with Crippen molar-refractivity contribution in [3.63, 3.8) is 0 Å². The molecule has 7 heteroatoms. The van der Waals surface area contributed by atoms with Crippen LogP contribution in [0.3, 0.4) is 0 Å². The highest BCUT2D eigenvalue weighted by atomic mass is 16.5. The van der Waals surface area contributed by atoms with Crippen LogP contribution >= 0.6 is 0 Å². The summed E-state index contributed by atoms with van der Waals surface area (Å²) < 4.78 is 6.44. The first-order valence-corrected chi connectivity index (χ1v) is 13.5. The second-order valence-electron chi connectivity index (χ2n) is 10.9. The molecule has 38 heavy (non-hydrogen) atoms. The summed E-state index contributed by atoms with van der Waals surface area (Å²) in [6, 6.07) is 12.9. The van der Waals surface area contributed by atoms with Crippen molar-refractivity contribution in [2.75, 3.05) is 31.1 Å². The van der Waals surface area contributed by atoms with Crippen molar-refractivity contribution in [2.45, 2.75) is 67.0 Å². The summed E-state index contributed by atoms with van der Waals surface area (Å²) in [5.41, 5.74) is 13.1. The van der Waals surface area contributed by atoms with Crippen LogP contribution < -0.4 is 15.4 Å². The highest BCUT2D eigenvalue weighted by molar-refractivity contribution is 5.76. The lowest BCUT2D eigenvalue weighted by molar-refractivity contribution is -0.119. The van der Waals surface area contributed by atoms with E-state index in [1.807, 2.05) is 6.92 Å². The minimum absolute atomic E-state index is 0.161. The zero-order valence-electron chi connectivity index (χ0n) is 23.8. The van der Waals surface area contributed by atoms with E-state index in [-0.39, 0.29) is 18.5 Å². The average molecular weight is 516 g/mol. The number of piperazine rings is 1. The zero-order valence-corrected chi connectivity index (χ0v) is 23.8. The summed E-state index contributed by atoms with van der Waals surface area (Å²) in [7, 11) is 0. The molecule has 0 bridgehead atoms. The highest BCUT2D eigenvalue weighted by Crippen LogP contribution is 2.32. The second-order valence-corrected chi connectivity index (χ2v) is 10.9. The van der Waals surface area contributed by atoms with Crippen molar-refractivity contribution in [3.05, 3.63) is 69.9 Å². The maximum absolute atomic E-state index is 11.6. The summed E-state index contributed by atoms with van der Waals surface area (Å²) in [5, 5.41) is 0. The van der Waals surface area contributed by atoms with Crippen molar-refractivity contribution in [1.82, 2.24) is 14.9 Å². The molecule has 1 atom stereocenters. The van der Waals surface area contributed by atoms with Crippen LogP contribution in [0.1, 0.15) is 60.2 Å². The second kappa shape index (κ2) is 11.5. The predicted octanol–water partition coefficient (Wildman–Crippen LogP) is 5.08. The van der Waals surface area contributed by atoms with Gasteiger partial charge < -0.3 is 15.4 Å². The molecule has 2 heterocycles. The van der Waals surface area contributed by atoms with Gasteiger partial charge in [-0.3, -0.25) is 9.69 Å². The van der Waals surface area contributed by atoms with Gasteiger partial charge in [0.1, 0.15) is 18.2 Å². The Morgan fingerprint density at radius 1 is 1.05 bits per heavy atom. The Hall–Kier alpha value is -3.45. The Labute approximate surface area is 227 Å². The van der Waals surface area contributed by atoms with Crippen molar-refractivity contribution < 1.29 is 9.53 Å². The molecule has 1 aromatic heterocycles. The van der Waals surface area contributed by atoms with Gasteiger partial charge in [0.15, 0.2) is 5.82 Å². The van der Waals surface area contributed by atoms with Gasteiger partial charge in [0.2, 0.25) is 5.91 Å². The lowest BCUT2D eigenvalue weighted by Crippen LogP contribution is -2.54. The number of primary amides is 1. The van der Waals surface area contributed by atoms with Crippen molar-refractivity contribution in [1.29, 1.82) is 0 Å². The molecule has 1 saturated heterocycles. The molecule has 0 saturated carbocycles. The molecular weight excluding hydrogens is 474 g/mol. The van der Waals surface area contributed by atoms with Gasteiger partial charge in [-0.1, -0.05) is 44.2 Å². The molecule has 2 aromatic carbocycles. The SMILES string of the molecule is Cc1ccc(C(C)C)cc1OCc1c(C)nc(-c2c(C)cccc2C)nc1N1CCN(CC(N)=O)C(C)C1. The molecule has 2 N–H and O–H groups in total. The Morgan fingerprint density at radius 3 is 2.39 bits per heavy atom. The fourth-order valence-corrected chi connectivity index (χ4v) is 5.19. The third-order valence-corrected chi connectivity index (χ3v) is 7.57. The van der Waals surface area contributed by atoms with Crippen LogP contribution in [0.25, 0.3) is 11.4 Å². The lowest BCUT2D eigenvalue weighted by Gasteiger charge is -2.40. The number of carbonyl (C=O) groups is 1. The summed E-state index contributed by atoms with van der Waals surface area (Å²) in [6.45, 7) is 17.7. The van der Waals surface area contributed by atoms with Crippen LogP contribution in [0.2, 0.25) is 0 Å². The summed E-state index contributed by atoms with van der Waals surface area (Å²) in [5.74, 6) is 2.66. The number of rotatable bonds is 8. The van der Waals surface area contributed by atoms with Crippen LogP contribution in [0.15, 0.2) is 36.4 Å². The molecule has 1 aliphatic rings. The molecule has 4 rings (SSSR count). The molecular formula is C31H41N5O2. The van der Waals surface area contributed by atoms with E-state index in [1.54, 1.807) is 0 Å². The van der Waals surface area contributed by atoms with E-state index in [0.717, 1.165) is 70.5 Å². The fraction of sp³-hybridized carbons (Fsp3) is 0.452. The van der Waals surface area contributed by atoms with Crippen LogP contribution in [0, 0.1) is 27.7 Å². The number of carbonyl (C=O) groups excluding carboxylic acids is 1. The largest absolute Gasteiger partial charge is 0.488 e. The molecule has 0 aliphatic carbocycles. The van der Waals surface area contributed by atoms with Gasteiger partial charge in [0.05, 0.1) is 17.8 Å². The lowest BCUT2D eigenvalue weighted by atomic mass is 10.0. The Balaban J connectivity index is 1.73. The van der Waals surface area contributed by atoms with Gasteiger partial charge in [0, 0.05) is 31.2 Å². The van der Waals surface area contributed by atoms with E-state index < -0.39 is 0 Å². The van der Waals surface area contributed by atoms with Crippen LogP contribution in [0.4, 0.5) is 5.82 Å².